The minimum Gasteiger partial charge on any atom is -0.461 e. The molecule has 4 aliphatic heterocycles. The van der Waals surface area contributed by atoms with Crippen molar-refractivity contribution in [2.45, 2.75) is 61.6 Å². The molecule has 8 nitrogen and oxygen atoms in total. The Bertz CT molecular complexity index is 2020. The largest absolute Gasteiger partial charge is 0.461 e. The van der Waals surface area contributed by atoms with Gasteiger partial charge in [-0.2, -0.15) is 31.9 Å². The van der Waals surface area contributed by atoms with Crippen molar-refractivity contribution in [2.24, 2.45) is 0 Å². The van der Waals surface area contributed by atoms with Gasteiger partial charge >= 0.3 is 12.2 Å². The van der Waals surface area contributed by atoms with Gasteiger partial charge in [-0.15, -0.1) is 0 Å². The minimum absolute atomic E-state index is 0.0475. The van der Waals surface area contributed by atoms with Crippen LogP contribution in [0.25, 0.3) is 32.2 Å². The van der Waals surface area contributed by atoms with Crippen molar-refractivity contribution in [1.29, 1.82) is 0 Å². The van der Waals surface area contributed by atoms with Crippen molar-refractivity contribution < 1.29 is 39.9 Å². The van der Waals surface area contributed by atoms with Crippen LogP contribution < -0.4 is 20.7 Å². The number of anilines is 2. The molecule has 1 unspecified atom stereocenters. The summed E-state index contributed by atoms with van der Waals surface area (Å²) in [7, 11) is 0. The summed E-state index contributed by atoms with van der Waals surface area (Å²) >= 11 is 0.711. The molecule has 0 radical (unpaired) electrons. The van der Waals surface area contributed by atoms with Crippen LogP contribution in [0, 0.1) is 11.6 Å². The summed E-state index contributed by atoms with van der Waals surface area (Å²) in [4.78, 5) is 16.3. The molecule has 4 saturated heterocycles. The quantitative estimate of drug-likeness (QED) is 0.211. The van der Waals surface area contributed by atoms with Gasteiger partial charge in [0.25, 0.3) is 6.08 Å². The van der Waals surface area contributed by atoms with Crippen molar-refractivity contribution in [3.63, 3.8) is 0 Å². The molecule has 260 valence electrons. The maximum atomic E-state index is 16.9. The normalized spacial score (nSPS) is 27.0. The predicted molar refractivity (Wildman–Crippen MR) is 167 cm³/mol. The van der Waals surface area contributed by atoms with Crippen molar-refractivity contribution in [3.05, 3.63) is 47.6 Å². The number of nitrogens with two attached hydrogens (primary N) is 1. The lowest BCUT2D eigenvalue weighted by Crippen LogP contribution is -2.59. The van der Waals surface area contributed by atoms with E-state index in [1.54, 1.807) is 4.90 Å². The summed E-state index contributed by atoms with van der Waals surface area (Å²) in [6.45, 7) is 0.935. The van der Waals surface area contributed by atoms with E-state index in [4.69, 9.17) is 10.5 Å². The predicted octanol–water partition coefficient (Wildman–Crippen LogP) is 6.83. The first kappa shape index (κ1) is 32.4. The molecule has 4 fully saturated rings. The highest BCUT2D eigenvalue weighted by atomic mass is 32.1. The van der Waals surface area contributed by atoms with E-state index in [1.807, 2.05) is 4.90 Å². The Labute approximate surface area is 277 Å². The van der Waals surface area contributed by atoms with Gasteiger partial charge in [-0.25, -0.2) is 18.2 Å². The maximum Gasteiger partial charge on any atom is 0.417 e. The smallest absolute Gasteiger partial charge is 0.417 e. The maximum absolute atomic E-state index is 16.9. The van der Waals surface area contributed by atoms with E-state index in [1.165, 1.54) is 0 Å². The number of halogens is 8. The zero-order valence-corrected chi connectivity index (χ0v) is 26.5. The lowest BCUT2D eigenvalue weighted by atomic mass is 9.94. The zero-order valence-electron chi connectivity index (χ0n) is 25.7. The lowest BCUT2D eigenvalue weighted by molar-refractivity contribution is -0.137. The fourth-order valence-corrected chi connectivity index (χ4v) is 9.03. The van der Waals surface area contributed by atoms with Crippen LogP contribution in [-0.4, -0.2) is 75.9 Å². The van der Waals surface area contributed by atoms with Gasteiger partial charge < -0.3 is 20.7 Å². The number of ether oxygens (including phenoxy) is 1. The van der Waals surface area contributed by atoms with Crippen molar-refractivity contribution in [1.82, 2.24) is 25.2 Å². The summed E-state index contributed by atoms with van der Waals surface area (Å²) in [6.07, 6.45) is -4.79. The van der Waals surface area contributed by atoms with Crippen LogP contribution in [0.4, 0.5) is 46.1 Å². The van der Waals surface area contributed by atoms with E-state index in [0.717, 1.165) is 30.7 Å². The Kier molecular flexibility index (Phi) is 7.50. The third kappa shape index (κ3) is 5.44. The minimum atomic E-state index is -5.11. The van der Waals surface area contributed by atoms with Gasteiger partial charge in [-0.1, -0.05) is 11.3 Å². The number of aromatic nitrogens is 3. The molecule has 4 atom stereocenters. The van der Waals surface area contributed by atoms with Crippen LogP contribution in [-0.2, 0) is 6.18 Å². The van der Waals surface area contributed by atoms with E-state index in [-0.39, 0.29) is 76.8 Å². The molecule has 2 aromatic heterocycles. The first-order chi connectivity index (χ1) is 23.2. The Hall–Kier alpha value is -3.83. The van der Waals surface area contributed by atoms with Gasteiger partial charge in [0.05, 0.1) is 26.9 Å². The fourth-order valence-electron chi connectivity index (χ4n) is 8.27. The topological polar surface area (TPSA) is 92.4 Å². The summed E-state index contributed by atoms with van der Waals surface area (Å²) in [6, 6.07) is 1.98. The third-order valence-electron chi connectivity index (χ3n) is 10.2. The van der Waals surface area contributed by atoms with Crippen LogP contribution in [0.5, 0.6) is 6.01 Å². The molecule has 0 amide bonds. The first-order valence-electron chi connectivity index (χ1n) is 15.8. The molecular weight excluding hydrogens is 682 g/mol. The molecule has 0 saturated carbocycles. The van der Waals surface area contributed by atoms with Gasteiger partial charge in [0.1, 0.15) is 29.9 Å². The molecule has 49 heavy (non-hydrogen) atoms. The van der Waals surface area contributed by atoms with Crippen LogP contribution in [0.1, 0.15) is 37.7 Å². The second-order valence-corrected chi connectivity index (χ2v) is 14.4. The van der Waals surface area contributed by atoms with Gasteiger partial charge in [-0.05, 0) is 50.4 Å². The van der Waals surface area contributed by atoms with Crippen molar-refractivity contribution >= 4 is 43.4 Å². The first-order valence-corrected chi connectivity index (χ1v) is 16.6. The van der Waals surface area contributed by atoms with Gasteiger partial charge in [-0.3, -0.25) is 4.90 Å². The molecular formula is C32H29F8N7OS. The highest BCUT2D eigenvalue weighted by Crippen LogP contribution is 2.47. The standard InChI is InChI=1S/C32H29F8N7OS/c33-15-9-31(5-1-7-47(31)11-15)14-48-29-43-24-18(27(44-29)46-12-16-4-6-30(13-46,45-16)10-21(35)36)8-19(32(38,39)40)22(23(24)37)17-2-3-20(34)26-25(17)42-28(41)49-26/h2-3,8,10,15-16,45H,1,4-7,9,11-14H2,(H2,41,42)/t15-,16+,30+,31?/m1/s1. The summed E-state index contributed by atoms with van der Waals surface area (Å²) in [5.41, 5.74) is 0.515. The number of piperazine rings is 1. The highest BCUT2D eigenvalue weighted by Gasteiger charge is 2.50. The molecule has 2 bridgehead atoms. The number of alkyl halides is 4. The van der Waals surface area contributed by atoms with Gasteiger partial charge in [0, 0.05) is 54.7 Å². The molecule has 17 heteroatoms. The molecule has 4 aromatic rings. The molecule has 2 aromatic carbocycles. The summed E-state index contributed by atoms with van der Waals surface area (Å²) in [5.74, 6) is -2.29. The number of hydrogen-bond donors (Lipinski definition) is 2. The van der Waals surface area contributed by atoms with E-state index >= 15 is 4.39 Å². The molecule has 6 heterocycles. The summed E-state index contributed by atoms with van der Waals surface area (Å²) in [5, 5.41) is 2.73. The second-order valence-electron chi connectivity index (χ2n) is 13.4. The van der Waals surface area contributed by atoms with Crippen molar-refractivity contribution in [2.75, 3.05) is 43.4 Å². The number of hydrogen-bond acceptors (Lipinski definition) is 9. The van der Waals surface area contributed by atoms with E-state index in [0.29, 0.717) is 37.1 Å². The zero-order chi connectivity index (χ0) is 34.5. The van der Waals surface area contributed by atoms with Crippen LogP contribution >= 0.6 is 11.3 Å². The average molecular weight is 712 g/mol. The SMILES string of the molecule is Nc1nc2c(-c3c(C(F)(F)F)cc4c(N5C[C@@H]6CC[C@](C=C(F)F)(C5)N6)nc(OCC56CCCN5C[C@H](F)C6)nc4c3F)ccc(F)c2s1. The number of thiazole rings is 1. The van der Waals surface area contributed by atoms with E-state index < -0.39 is 57.8 Å². The number of benzene rings is 2. The van der Waals surface area contributed by atoms with Gasteiger partial charge in [0.15, 0.2) is 10.9 Å². The number of rotatable bonds is 6. The number of nitrogen functional groups attached to an aromatic ring is 1. The average Bonchev–Trinajstić information content (AvgIpc) is 3.76. The Morgan fingerprint density at radius 2 is 1.94 bits per heavy atom. The second kappa shape index (κ2) is 11.3. The molecule has 3 N–H and O–H groups in total. The third-order valence-corrected chi connectivity index (χ3v) is 11.1. The van der Waals surface area contributed by atoms with Crippen LogP contribution in [0.3, 0.4) is 0 Å². The Morgan fingerprint density at radius 3 is 2.71 bits per heavy atom. The fraction of sp³-hybridized carbons (Fsp3) is 0.469. The lowest BCUT2D eigenvalue weighted by Gasteiger charge is -2.40. The number of nitrogens with zero attached hydrogens (tertiary/aromatic N) is 5. The van der Waals surface area contributed by atoms with Gasteiger partial charge in [0.2, 0.25) is 0 Å². The molecule has 0 aliphatic carbocycles. The number of nitrogens with one attached hydrogen (secondary N) is 1. The van der Waals surface area contributed by atoms with E-state index in [9.17, 15) is 30.7 Å². The van der Waals surface area contributed by atoms with Crippen LogP contribution in [0.2, 0.25) is 0 Å². The number of fused-ring (bicyclic) bond motifs is 5. The molecule has 8 rings (SSSR count). The van der Waals surface area contributed by atoms with E-state index in [2.05, 4.69) is 20.3 Å². The molecule has 0 spiro atoms. The summed E-state index contributed by atoms with van der Waals surface area (Å²) < 4.78 is 124. The van der Waals surface area contributed by atoms with Crippen LogP contribution in [0.15, 0.2) is 30.4 Å². The Morgan fingerprint density at radius 1 is 1.12 bits per heavy atom. The Balaban J connectivity index is 1.33. The highest BCUT2D eigenvalue weighted by molar-refractivity contribution is 7.22. The molecule has 4 aliphatic rings. The van der Waals surface area contributed by atoms with Crippen molar-refractivity contribution in [3.8, 4) is 17.1 Å². The monoisotopic (exact) mass is 711 g/mol.